The van der Waals surface area contributed by atoms with Crippen LogP contribution >= 0.6 is 0 Å². The van der Waals surface area contributed by atoms with E-state index in [-0.39, 0.29) is 17.7 Å². The number of likely N-dealkylation sites (tertiary alicyclic amines) is 1. The van der Waals surface area contributed by atoms with Crippen LogP contribution < -0.4 is 5.32 Å². The number of unbranched alkanes of at least 4 members (excludes halogenated alkanes) is 2. The van der Waals surface area contributed by atoms with Crippen molar-refractivity contribution >= 4 is 22.6 Å². The standard InChI is InChI=1S/C22H28N2O2/c1-2-3-6-14-23-21(25)18-11-8-15-24(16-18)22(26)20-13-7-10-17-9-4-5-12-19(17)20/h4-5,7,9-10,12-13,18H,2-3,6,8,11,14-16H2,1H3,(H,23,25). The molecule has 3 rings (SSSR count). The summed E-state index contributed by atoms with van der Waals surface area (Å²) in [5.41, 5.74) is 0.729. The van der Waals surface area contributed by atoms with Gasteiger partial charge in [0.1, 0.15) is 0 Å². The topological polar surface area (TPSA) is 49.4 Å². The largest absolute Gasteiger partial charge is 0.356 e. The van der Waals surface area contributed by atoms with Crippen LogP contribution in [0.1, 0.15) is 49.4 Å². The molecule has 1 saturated heterocycles. The number of hydrogen-bond donors (Lipinski definition) is 1. The first-order valence-electron chi connectivity index (χ1n) is 9.75. The minimum Gasteiger partial charge on any atom is -0.356 e. The molecule has 2 amide bonds. The van der Waals surface area contributed by atoms with Gasteiger partial charge in [-0.05, 0) is 36.1 Å². The maximum Gasteiger partial charge on any atom is 0.254 e. The van der Waals surface area contributed by atoms with Gasteiger partial charge in [-0.2, -0.15) is 0 Å². The lowest BCUT2D eigenvalue weighted by atomic mass is 9.95. The minimum absolute atomic E-state index is 0.0327. The number of fused-ring (bicyclic) bond motifs is 1. The Hall–Kier alpha value is -2.36. The smallest absolute Gasteiger partial charge is 0.254 e. The molecule has 0 radical (unpaired) electrons. The van der Waals surface area contributed by atoms with Crippen LogP contribution in [0.2, 0.25) is 0 Å². The molecule has 0 spiro atoms. The van der Waals surface area contributed by atoms with Crippen LogP contribution in [0.25, 0.3) is 10.8 Å². The van der Waals surface area contributed by atoms with E-state index in [1.165, 1.54) is 0 Å². The third-order valence-corrected chi connectivity index (χ3v) is 5.18. The number of carbonyl (C=O) groups is 2. The molecule has 4 heteroatoms. The highest BCUT2D eigenvalue weighted by Crippen LogP contribution is 2.23. The van der Waals surface area contributed by atoms with E-state index in [1.54, 1.807) is 0 Å². The normalized spacial score (nSPS) is 17.3. The Kier molecular flexibility index (Phi) is 6.26. The van der Waals surface area contributed by atoms with Gasteiger partial charge >= 0.3 is 0 Å². The summed E-state index contributed by atoms with van der Waals surface area (Å²) in [6.45, 7) is 4.13. The fourth-order valence-electron chi connectivity index (χ4n) is 3.69. The van der Waals surface area contributed by atoms with E-state index in [1.807, 2.05) is 47.4 Å². The van der Waals surface area contributed by atoms with E-state index in [0.717, 1.165) is 61.5 Å². The summed E-state index contributed by atoms with van der Waals surface area (Å²) in [6.07, 6.45) is 5.04. The molecule has 1 heterocycles. The van der Waals surface area contributed by atoms with Gasteiger partial charge in [0.2, 0.25) is 5.91 Å². The second-order valence-electron chi connectivity index (χ2n) is 7.12. The van der Waals surface area contributed by atoms with Gasteiger partial charge in [0.05, 0.1) is 5.92 Å². The van der Waals surface area contributed by atoms with Gasteiger partial charge < -0.3 is 10.2 Å². The predicted molar refractivity (Wildman–Crippen MR) is 105 cm³/mol. The van der Waals surface area contributed by atoms with E-state index in [2.05, 4.69) is 12.2 Å². The highest BCUT2D eigenvalue weighted by atomic mass is 16.2. The number of carbonyl (C=O) groups excluding carboxylic acids is 2. The molecule has 1 fully saturated rings. The van der Waals surface area contributed by atoms with Gasteiger partial charge in [0, 0.05) is 25.2 Å². The van der Waals surface area contributed by atoms with Crippen molar-refractivity contribution in [2.45, 2.75) is 39.0 Å². The molecule has 138 valence electrons. The lowest BCUT2D eigenvalue weighted by molar-refractivity contribution is -0.126. The van der Waals surface area contributed by atoms with Gasteiger partial charge in [0.15, 0.2) is 0 Å². The van der Waals surface area contributed by atoms with Crippen LogP contribution in [0.3, 0.4) is 0 Å². The fourth-order valence-corrected chi connectivity index (χ4v) is 3.69. The zero-order valence-corrected chi connectivity index (χ0v) is 15.5. The van der Waals surface area contributed by atoms with Crippen LogP contribution in [0, 0.1) is 5.92 Å². The predicted octanol–water partition coefficient (Wildman–Crippen LogP) is 4.00. The number of piperidine rings is 1. The van der Waals surface area contributed by atoms with Crippen LogP contribution in [-0.2, 0) is 4.79 Å². The molecule has 0 saturated carbocycles. The third kappa shape index (κ3) is 4.24. The Morgan fingerprint density at radius 1 is 1.12 bits per heavy atom. The lowest BCUT2D eigenvalue weighted by Gasteiger charge is -2.32. The second-order valence-corrected chi connectivity index (χ2v) is 7.12. The van der Waals surface area contributed by atoms with Crippen molar-refractivity contribution < 1.29 is 9.59 Å². The number of nitrogens with one attached hydrogen (secondary N) is 1. The van der Waals surface area contributed by atoms with E-state index < -0.39 is 0 Å². The number of amides is 2. The van der Waals surface area contributed by atoms with Crippen molar-refractivity contribution in [3.05, 3.63) is 48.0 Å². The van der Waals surface area contributed by atoms with E-state index in [9.17, 15) is 9.59 Å². The van der Waals surface area contributed by atoms with Gasteiger partial charge in [-0.1, -0.05) is 56.2 Å². The van der Waals surface area contributed by atoms with Gasteiger partial charge in [0.25, 0.3) is 5.91 Å². The van der Waals surface area contributed by atoms with Crippen molar-refractivity contribution in [3.63, 3.8) is 0 Å². The maximum absolute atomic E-state index is 13.1. The SMILES string of the molecule is CCCCCNC(=O)C1CCCN(C(=O)c2cccc3ccccc23)C1. The van der Waals surface area contributed by atoms with Crippen molar-refractivity contribution in [1.82, 2.24) is 10.2 Å². The zero-order chi connectivity index (χ0) is 18.4. The molecule has 0 bridgehead atoms. The van der Waals surface area contributed by atoms with Crippen LogP contribution in [-0.4, -0.2) is 36.3 Å². The summed E-state index contributed by atoms with van der Waals surface area (Å²) in [5, 5.41) is 5.09. The summed E-state index contributed by atoms with van der Waals surface area (Å²) in [6, 6.07) is 13.8. The highest BCUT2D eigenvalue weighted by molar-refractivity contribution is 6.07. The highest BCUT2D eigenvalue weighted by Gasteiger charge is 2.29. The molecule has 1 unspecified atom stereocenters. The third-order valence-electron chi connectivity index (χ3n) is 5.18. The molecule has 4 nitrogen and oxygen atoms in total. The van der Waals surface area contributed by atoms with E-state index >= 15 is 0 Å². The zero-order valence-electron chi connectivity index (χ0n) is 15.5. The number of rotatable bonds is 6. The Morgan fingerprint density at radius 2 is 1.92 bits per heavy atom. The summed E-state index contributed by atoms with van der Waals surface area (Å²) in [7, 11) is 0. The molecular weight excluding hydrogens is 324 g/mol. The molecule has 0 aromatic heterocycles. The second kappa shape index (κ2) is 8.84. The average molecular weight is 352 g/mol. The summed E-state index contributed by atoms with van der Waals surface area (Å²) >= 11 is 0. The van der Waals surface area contributed by atoms with Crippen LogP contribution in [0.15, 0.2) is 42.5 Å². The number of benzene rings is 2. The fraction of sp³-hybridized carbons (Fsp3) is 0.455. The molecule has 1 aliphatic rings. The first-order chi connectivity index (χ1) is 12.7. The Bertz CT molecular complexity index is 766. The van der Waals surface area contributed by atoms with Crippen molar-refractivity contribution in [2.24, 2.45) is 5.92 Å². The Morgan fingerprint density at radius 3 is 2.77 bits per heavy atom. The first kappa shape index (κ1) is 18.4. The average Bonchev–Trinajstić information content (AvgIpc) is 2.70. The quantitative estimate of drug-likeness (QED) is 0.799. The van der Waals surface area contributed by atoms with Crippen LogP contribution in [0.5, 0.6) is 0 Å². The van der Waals surface area contributed by atoms with E-state index in [4.69, 9.17) is 0 Å². The summed E-state index contributed by atoms with van der Waals surface area (Å²) in [5.74, 6) is 0.0334. The Labute approximate surface area is 155 Å². The molecular formula is C22H28N2O2. The van der Waals surface area contributed by atoms with Crippen LogP contribution in [0.4, 0.5) is 0 Å². The molecule has 0 aliphatic carbocycles. The number of nitrogens with zero attached hydrogens (tertiary/aromatic N) is 1. The molecule has 26 heavy (non-hydrogen) atoms. The summed E-state index contributed by atoms with van der Waals surface area (Å²) in [4.78, 5) is 27.4. The summed E-state index contributed by atoms with van der Waals surface area (Å²) < 4.78 is 0. The molecule has 2 aromatic rings. The van der Waals surface area contributed by atoms with E-state index in [0.29, 0.717) is 6.54 Å². The Balaban J connectivity index is 1.67. The van der Waals surface area contributed by atoms with Crippen molar-refractivity contribution in [2.75, 3.05) is 19.6 Å². The van der Waals surface area contributed by atoms with Crippen molar-refractivity contribution in [1.29, 1.82) is 0 Å². The minimum atomic E-state index is -0.0932. The van der Waals surface area contributed by atoms with Gasteiger partial charge in [-0.15, -0.1) is 0 Å². The van der Waals surface area contributed by atoms with Crippen molar-refractivity contribution in [3.8, 4) is 0 Å². The van der Waals surface area contributed by atoms with Gasteiger partial charge in [-0.3, -0.25) is 9.59 Å². The number of hydrogen-bond acceptors (Lipinski definition) is 2. The lowest BCUT2D eigenvalue weighted by Crippen LogP contribution is -2.45. The molecule has 1 N–H and O–H groups in total. The molecule has 1 atom stereocenters. The monoisotopic (exact) mass is 352 g/mol. The molecule has 1 aliphatic heterocycles. The maximum atomic E-state index is 13.1. The first-order valence-corrected chi connectivity index (χ1v) is 9.75. The molecule has 2 aromatic carbocycles. The van der Waals surface area contributed by atoms with Gasteiger partial charge in [-0.25, -0.2) is 0 Å².